The van der Waals surface area contributed by atoms with Crippen LogP contribution in [-0.2, 0) is 4.79 Å². The van der Waals surface area contributed by atoms with Crippen molar-refractivity contribution >= 4 is 30.7 Å². The molecule has 3 unspecified atom stereocenters. The first kappa shape index (κ1) is 20.2. The van der Waals surface area contributed by atoms with Gasteiger partial charge in [0.15, 0.2) is 0 Å². The lowest BCUT2D eigenvalue weighted by molar-refractivity contribution is -0.123. The van der Waals surface area contributed by atoms with Crippen LogP contribution < -0.4 is 11.1 Å². The van der Waals surface area contributed by atoms with Gasteiger partial charge in [-0.25, -0.2) is 0 Å². The number of carbonyl (C=O) groups excluding carboxylic acids is 1. The fourth-order valence-corrected chi connectivity index (χ4v) is 2.52. The summed E-state index contributed by atoms with van der Waals surface area (Å²) >= 11 is 0. The number of halogens is 2. The summed E-state index contributed by atoms with van der Waals surface area (Å²) in [5, 5.41) is 3.08. The fraction of sp³-hybridized carbons (Fsp3) is 0.533. The molecule has 2 rings (SSSR count). The van der Waals surface area contributed by atoms with Crippen LogP contribution in [0.25, 0.3) is 0 Å². The lowest BCUT2D eigenvalue weighted by Gasteiger charge is -2.35. The third-order valence-corrected chi connectivity index (χ3v) is 4.00. The molecular weight excluding hydrogens is 309 g/mol. The number of nitrogens with two attached hydrogens (primary N) is 1. The molecule has 4 nitrogen and oxygen atoms in total. The van der Waals surface area contributed by atoms with Crippen molar-refractivity contribution in [2.45, 2.75) is 37.9 Å². The Kier molecular flexibility index (Phi) is 8.90. The third kappa shape index (κ3) is 5.47. The van der Waals surface area contributed by atoms with Crippen molar-refractivity contribution < 1.29 is 4.79 Å². The fourth-order valence-electron chi connectivity index (χ4n) is 2.52. The Morgan fingerprint density at radius 2 is 1.95 bits per heavy atom. The van der Waals surface area contributed by atoms with E-state index in [9.17, 15) is 4.79 Å². The highest BCUT2D eigenvalue weighted by Gasteiger charge is 2.25. The smallest absolute Gasteiger partial charge is 0.241 e. The zero-order chi connectivity index (χ0) is 13.8. The molecule has 120 valence electrons. The Morgan fingerprint density at radius 3 is 2.52 bits per heavy atom. The predicted molar refractivity (Wildman–Crippen MR) is 91.1 cm³/mol. The SMILES string of the molecule is CC1CC(NC(=O)C(N)c2ccccc2)CCN1C.Cl.Cl. The number of hydrogen-bond acceptors (Lipinski definition) is 3. The first-order chi connectivity index (χ1) is 9.08. The van der Waals surface area contributed by atoms with E-state index in [0.717, 1.165) is 24.9 Å². The number of amides is 1. The number of likely N-dealkylation sites (tertiary alicyclic amines) is 1. The number of rotatable bonds is 3. The van der Waals surface area contributed by atoms with Gasteiger partial charge in [0.1, 0.15) is 6.04 Å². The Morgan fingerprint density at radius 1 is 1.33 bits per heavy atom. The summed E-state index contributed by atoms with van der Waals surface area (Å²) in [6.07, 6.45) is 1.98. The molecule has 3 N–H and O–H groups in total. The minimum atomic E-state index is -0.573. The van der Waals surface area contributed by atoms with E-state index in [2.05, 4.69) is 24.2 Å². The van der Waals surface area contributed by atoms with E-state index >= 15 is 0 Å². The van der Waals surface area contributed by atoms with Crippen molar-refractivity contribution in [2.75, 3.05) is 13.6 Å². The van der Waals surface area contributed by atoms with Gasteiger partial charge in [0.05, 0.1) is 0 Å². The maximum absolute atomic E-state index is 12.2. The summed E-state index contributed by atoms with van der Waals surface area (Å²) < 4.78 is 0. The van der Waals surface area contributed by atoms with Crippen LogP contribution in [0, 0.1) is 0 Å². The van der Waals surface area contributed by atoms with Crippen molar-refractivity contribution in [3.8, 4) is 0 Å². The van der Waals surface area contributed by atoms with Gasteiger partial charge in [-0.1, -0.05) is 30.3 Å². The molecule has 1 heterocycles. The molecule has 1 amide bonds. The monoisotopic (exact) mass is 333 g/mol. The summed E-state index contributed by atoms with van der Waals surface area (Å²) in [6.45, 7) is 3.21. The van der Waals surface area contributed by atoms with Gasteiger partial charge in [-0.15, -0.1) is 24.8 Å². The van der Waals surface area contributed by atoms with Crippen LogP contribution in [0.15, 0.2) is 30.3 Å². The van der Waals surface area contributed by atoms with E-state index in [1.54, 1.807) is 0 Å². The molecule has 21 heavy (non-hydrogen) atoms. The summed E-state index contributed by atoms with van der Waals surface area (Å²) in [6, 6.07) is 9.69. The molecule has 1 aliphatic rings. The molecular formula is C15H25Cl2N3O. The number of benzene rings is 1. The lowest BCUT2D eigenvalue weighted by atomic mass is 9.98. The maximum atomic E-state index is 12.2. The average molecular weight is 334 g/mol. The molecule has 0 bridgehead atoms. The number of nitrogens with zero attached hydrogens (tertiary/aromatic N) is 1. The summed E-state index contributed by atoms with van der Waals surface area (Å²) in [5.74, 6) is -0.0760. The topological polar surface area (TPSA) is 58.4 Å². The van der Waals surface area contributed by atoms with E-state index in [1.165, 1.54) is 0 Å². The Bertz CT molecular complexity index is 430. The second-order valence-electron chi connectivity index (χ2n) is 5.45. The minimum Gasteiger partial charge on any atom is -0.352 e. The molecule has 0 aliphatic carbocycles. The number of piperidine rings is 1. The molecule has 0 radical (unpaired) electrons. The van der Waals surface area contributed by atoms with Crippen LogP contribution in [-0.4, -0.2) is 36.5 Å². The summed E-state index contributed by atoms with van der Waals surface area (Å²) in [4.78, 5) is 14.5. The Labute approximate surface area is 139 Å². The zero-order valence-corrected chi connectivity index (χ0v) is 14.1. The first-order valence-electron chi connectivity index (χ1n) is 6.89. The van der Waals surface area contributed by atoms with Gasteiger partial charge in [-0.2, -0.15) is 0 Å². The summed E-state index contributed by atoms with van der Waals surface area (Å²) in [7, 11) is 2.12. The Balaban J connectivity index is 0.00000200. The van der Waals surface area contributed by atoms with Crippen LogP contribution in [0.3, 0.4) is 0 Å². The van der Waals surface area contributed by atoms with Gasteiger partial charge in [0.25, 0.3) is 0 Å². The van der Waals surface area contributed by atoms with Crippen molar-refractivity contribution in [3.05, 3.63) is 35.9 Å². The van der Waals surface area contributed by atoms with Crippen LogP contribution in [0.1, 0.15) is 31.4 Å². The minimum absolute atomic E-state index is 0. The van der Waals surface area contributed by atoms with Crippen molar-refractivity contribution in [3.63, 3.8) is 0 Å². The summed E-state index contributed by atoms with van der Waals surface area (Å²) in [5.41, 5.74) is 6.86. The zero-order valence-electron chi connectivity index (χ0n) is 12.5. The van der Waals surface area contributed by atoms with E-state index in [-0.39, 0.29) is 36.8 Å². The second-order valence-corrected chi connectivity index (χ2v) is 5.45. The van der Waals surface area contributed by atoms with Gasteiger partial charge in [-0.05, 0) is 32.4 Å². The average Bonchev–Trinajstić information content (AvgIpc) is 2.43. The maximum Gasteiger partial charge on any atom is 0.241 e. The van der Waals surface area contributed by atoms with Gasteiger partial charge in [0.2, 0.25) is 5.91 Å². The number of nitrogens with one attached hydrogen (secondary N) is 1. The highest BCUT2D eigenvalue weighted by Crippen LogP contribution is 2.17. The second kappa shape index (κ2) is 9.26. The number of hydrogen-bond donors (Lipinski definition) is 2. The van der Waals surface area contributed by atoms with Gasteiger partial charge in [-0.3, -0.25) is 4.79 Å². The molecule has 0 spiro atoms. The van der Waals surface area contributed by atoms with Gasteiger partial charge >= 0.3 is 0 Å². The standard InChI is InChI=1S/C15H23N3O.2ClH/c1-11-10-13(8-9-18(11)2)17-15(19)14(16)12-6-4-3-5-7-12;;/h3-7,11,13-14H,8-10,16H2,1-2H3,(H,17,19);2*1H. The molecule has 1 aromatic carbocycles. The van der Waals surface area contributed by atoms with Crippen LogP contribution in [0.4, 0.5) is 0 Å². The molecule has 6 heteroatoms. The van der Waals surface area contributed by atoms with E-state index < -0.39 is 6.04 Å². The molecule has 3 atom stereocenters. The molecule has 0 saturated carbocycles. The van der Waals surface area contributed by atoms with Crippen molar-refractivity contribution in [1.82, 2.24) is 10.2 Å². The van der Waals surface area contributed by atoms with Gasteiger partial charge in [0, 0.05) is 18.6 Å². The van der Waals surface area contributed by atoms with Crippen LogP contribution in [0.2, 0.25) is 0 Å². The highest BCUT2D eigenvalue weighted by molar-refractivity contribution is 5.85. The van der Waals surface area contributed by atoms with E-state index in [0.29, 0.717) is 6.04 Å². The lowest BCUT2D eigenvalue weighted by Crippen LogP contribution is -2.49. The quantitative estimate of drug-likeness (QED) is 0.890. The van der Waals surface area contributed by atoms with E-state index in [4.69, 9.17) is 5.73 Å². The van der Waals surface area contributed by atoms with E-state index in [1.807, 2.05) is 30.3 Å². The largest absolute Gasteiger partial charge is 0.352 e. The first-order valence-corrected chi connectivity index (χ1v) is 6.89. The van der Waals surface area contributed by atoms with Gasteiger partial charge < -0.3 is 16.0 Å². The molecule has 1 aliphatic heterocycles. The predicted octanol–water partition coefficient (Wildman–Crippen LogP) is 2.13. The Hall–Kier alpha value is -0.810. The molecule has 0 aromatic heterocycles. The normalized spacial score (nSPS) is 23.4. The van der Waals surface area contributed by atoms with Crippen molar-refractivity contribution in [1.29, 1.82) is 0 Å². The van der Waals surface area contributed by atoms with Crippen molar-refractivity contribution in [2.24, 2.45) is 5.73 Å². The third-order valence-electron chi connectivity index (χ3n) is 4.00. The molecule has 1 aromatic rings. The molecule has 1 fully saturated rings. The highest BCUT2D eigenvalue weighted by atomic mass is 35.5. The van der Waals surface area contributed by atoms with Crippen LogP contribution >= 0.6 is 24.8 Å². The molecule has 1 saturated heterocycles. The number of carbonyl (C=O) groups is 1. The van der Waals surface area contributed by atoms with Crippen LogP contribution in [0.5, 0.6) is 0 Å².